The van der Waals surface area contributed by atoms with Crippen LogP contribution in [-0.4, -0.2) is 116 Å². The molecule has 2 aromatic carbocycles. The maximum atomic E-state index is 15.5. The first-order valence-electron chi connectivity index (χ1n) is 22.5. The van der Waals surface area contributed by atoms with Crippen LogP contribution in [0.2, 0.25) is 0 Å². The maximum Gasteiger partial charge on any atom is 0.219 e. The van der Waals surface area contributed by atoms with Crippen molar-refractivity contribution in [2.75, 3.05) is 70.1 Å². The Kier molecular flexibility index (Phi) is 17.0. The summed E-state index contributed by atoms with van der Waals surface area (Å²) in [6, 6.07) is 10.2. The number of carbonyl (C=O) groups excluding carboxylic acids is 1. The van der Waals surface area contributed by atoms with Crippen molar-refractivity contribution in [1.29, 1.82) is 0 Å². The van der Waals surface area contributed by atoms with Gasteiger partial charge in [-0.3, -0.25) is 18.9 Å². The number of ether oxygens (including phenoxy) is 1. The van der Waals surface area contributed by atoms with Crippen LogP contribution in [0, 0.1) is 5.82 Å². The molecular weight excluding hydrogens is 786 g/mol. The van der Waals surface area contributed by atoms with E-state index in [0.717, 1.165) is 90.3 Å². The number of hydrogen-bond donors (Lipinski definition) is 0. The molecule has 1 amide bonds. The second-order valence-electron chi connectivity index (χ2n) is 17.0. The van der Waals surface area contributed by atoms with Gasteiger partial charge in [0, 0.05) is 91.8 Å². The molecule has 3 fully saturated rings. The van der Waals surface area contributed by atoms with Crippen LogP contribution in [0.25, 0.3) is 10.9 Å². The summed E-state index contributed by atoms with van der Waals surface area (Å²) in [5.74, 6) is -0.489. The van der Waals surface area contributed by atoms with Crippen molar-refractivity contribution in [2.45, 2.75) is 143 Å². The van der Waals surface area contributed by atoms with Crippen molar-refractivity contribution in [3.05, 3.63) is 48.4 Å². The molecule has 1 unspecified atom stereocenters. The number of fused-ring (bicyclic) bond motifs is 1. The Morgan fingerprint density at radius 2 is 1.36 bits per heavy atom. The van der Waals surface area contributed by atoms with E-state index < -0.39 is 26.5 Å². The highest BCUT2D eigenvalue weighted by Crippen LogP contribution is 2.39. The van der Waals surface area contributed by atoms with E-state index in [4.69, 9.17) is 4.74 Å². The van der Waals surface area contributed by atoms with E-state index in [2.05, 4.69) is 26.6 Å². The number of pyridine rings is 1. The summed E-state index contributed by atoms with van der Waals surface area (Å²) in [7, 11) is -5.48. The van der Waals surface area contributed by atoms with Gasteiger partial charge in [0.2, 0.25) is 15.7 Å². The van der Waals surface area contributed by atoms with E-state index in [0.29, 0.717) is 53.3 Å². The number of rotatable bonds is 20. The zero-order valence-corrected chi connectivity index (χ0v) is 37.5. The third-order valence-electron chi connectivity index (χ3n) is 12.9. The van der Waals surface area contributed by atoms with Crippen molar-refractivity contribution in [3.63, 3.8) is 0 Å². The van der Waals surface area contributed by atoms with Crippen LogP contribution in [0.3, 0.4) is 0 Å². The molecule has 326 valence electrons. The van der Waals surface area contributed by atoms with Gasteiger partial charge in [-0.2, -0.15) is 0 Å². The monoisotopic (exact) mass is 853 g/mol. The quantitative estimate of drug-likeness (QED) is 0.103. The molecule has 3 aromatic rings. The summed E-state index contributed by atoms with van der Waals surface area (Å²) in [5.41, 5.74) is 1.16. The lowest BCUT2D eigenvalue weighted by atomic mass is 9.96. The third kappa shape index (κ3) is 12.0. The van der Waals surface area contributed by atoms with Gasteiger partial charge in [0.05, 0.1) is 22.7 Å². The number of likely N-dealkylation sites (tertiary alicyclic amines) is 1. The largest absolute Gasteiger partial charge is 0.491 e. The Morgan fingerprint density at radius 3 is 1.93 bits per heavy atom. The first kappa shape index (κ1) is 45.4. The predicted octanol–water partition coefficient (Wildman–Crippen LogP) is 8.62. The molecule has 0 bridgehead atoms. The fourth-order valence-electron chi connectivity index (χ4n) is 9.33. The Balaban J connectivity index is 1.07. The molecule has 6 rings (SSSR count). The average molecular weight is 854 g/mol. The van der Waals surface area contributed by atoms with Gasteiger partial charge in [0.1, 0.15) is 4.90 Å². The molecule has 10 nitrogen and oxygen atoms in total. The molecule has 4 heterocycles. The number of halogens is 1. The lowest BCUT2D eigenvalue weighted by Crippen LogP contribution is -2.55. The van der Waals surface area contributed by atoms with Crippen LogP contribution in [0.5, 0.6) is 5.75 Å². The molecule has 59 heavy (non-hydrogen) atoms. The summed E-state index contributed by atoms with van der Waals surface area (Å²) in [6.45, 7) is 11.1. The first-order chi connectivity index (χ1) is 28.6. The average Bonchev–Trinajstić information content (AvgIpc) is 3.25. The molecule has 0 spiro atoms. The van der Waals surface area contributed by atoms with Gasteiger partial charge >= 0.3 is 0 Å². The van der Waals surface area contributed by atoms with Crippen molar-refractivity contribution >= 4 is 43.1 Å². The Bertz CT molecular complexity index is 1960. The number of aromatic nitrogens is 1. The van der Waals surface area contributed by atoms with Gasteiger partial charge in [-0.05, 0) is 81.6 Å². The molecule has 0 aliphatic carbocycles. The molecule has 0 N–H and O–H groups in total. The van der Waals surface area contributed by atoms with E-state index in [1.54, 1.807) is 31.4 Å². The number of hydrogen-bond acceptors (Lipinski definition) is 9. The molecule has 3 aliphatic heterocycles. The molecule has 13 heteroatoms. The minimum absolute atomic E-state index is 0.0257. The fourth-order valence-corrected chi connectivity index (χ4v) is 11.3. The van der Waals surface area contributed by atoms with Crippen LogP contribution < -0.4 is 9.64 Å². The van der Waals surface area contributed by atoms with Crippen LogP contribution in [-0.2, 0) is 25.4 Å². The highest BCUT2D eigenvalue weighted by atomic mass is 32.2. The van der Waals surface area contributed by atoms with Crippen LogP contribution in [0.15, 0.2) is 57.3 Å². The van der Waals surface area contributed by atoms with Crippen LogP contribution in [0.4, 0.5) is 10.1 Å². The summed E-state index contributed by atoms with van der Waals surface area (Å²) in [6.07, 6.45) is 21.7. The number of piperazine rings is 1. The summed E-state index contributed by atoms with van der Waals surface area (Å²) in [4.78, 5) is 26.1. The van der Waals surface area contributed by atoms with Crippen molar-refractivity contribution in [2.24, 2.45) is 0 Å². The zero-order chi connectivity index (χ0) is 41.8. The van der Waals surface area contributed by atoms with Gasteiger partial charge in [-0.1, -0.05) is 77.6 Å². The fraction of sp³-hybridized carbons (Fsp3) is 0.652. The van der Waals surface area contributed by atoms with Gasteiger partial charge in [0.25, 0.3) is 0 Å². The standard InChI is InChI=1S/C46H68FN5O5S2/c1-4-5-6-7-8-9-10-11-12-13-14-15-32-57-44-19-17-40(34-42(44)47)59(55,56)45-35-48-43-18-16-39(58(3)54)33-41(43)46(45)52-26-22-37(23-27-52)50-24-20-38(21-25-50)51-30-28-49(29-31-51)36(2)53/h16-19,33-35,37-38H,4-15,20-32H2,1-3H3. The Hall–Kier alpha value is -3.13. The second kappa shape index (κ2) is 22.1. The lowest BCUT2D eigenvalue weighted by molar-refractivity contribution is -0.131. The van der Waals surface area contributed by atoms with Crippen LogP contribution >= 0.6 is 0 Å². The zero-order valence-electron chi connectivity index (χ0n) is 35.8. The number of amides is 1. The van der Waals surface area contributed by atoms with E-state index in [-0.39, 0.29) is 21.4 Å². The summed E-state index contributed by atoms with van der Waals surface area (Å²) < 4.78 is 62.9. The number of unbranched alkanes of at least 4 members (excludes halogenated alkanes) is 11. The topological polar surface area (TPSA) is 103 Å². The molecule has 3 saturated heterocycles. The molecule has 1 aromatic heterocycles. The molecule has 1 atom stereocenters. The van der Waals surface area contributed by atoms with Crippen LogP contribution in [0.1, 0.15) is 117 Å². The first-order valence-corrected chi connectivity index (χ1v) is 25.5. The number of nitrogens with zero attached hydrogens (tertiary/aromatic N) is 5. The van der Waals surface area contributed by atoms with Gasteiger partial charge in [-0.15, -0.1) is 0 Å². The Morgan fingerprint density at radius 1 is 0.780 bits per heavy atom. The van der Waals surface area contributed by atoms with Crippen molar-refractivity contribution in [3.8, 4) is 5.75 Å². The van der Waals surface area contributed by atoms with Crippen molar-refractivity contribution in [1.82, 2.24) is 19.7 Å². The number of anilines is 1. The molecule has 0 saturated carbocycles. The molecule has 0 radical (unpaired) electrons. The number of carbonyl (C=O) groups is 1. The highest BCUT2D eigenvalue weighted by Gasteiger charge is 2.34. The minimum atomic E-state index is -4.20. The smallest absolute Gasteiger partial charge is 0.219 e. The summed E-state index contributed by atoms with van der Waals surface area (Å²) >= 11 is 0. The SMILES string of the molecule is CCCCCCCCCCCCCCOc1ccc(S(=O)(=O)c2cnc3ccc(S(C)=O)cc3c2N2CCC(N3CCC(N4CCN(C(C)=O)CC4)CC3)CC2)cc1F. The second-order valence-corrected chi connectivity index (χ2v) is 20.3. The third-order valence-corrected chi connectivity index (χ3v) is 15.6. The molecular formula is C46H68FN5O5S2. The van der Waals surface area contributed by atoms with E-state index in [9.17, 15) is 17.4 Å². The van der Waals surface area contributed by atoms with Gasteiger partial charge < -0.3 is 19.4 Å². The van der Waals surface area contributed by atoms with E-state index >= 15 is 4.39 Å². The minimum Gasteiger partial charge on any atom is -0.491 e. The van der Waals surface area contributed by atoms with E-state index in [1.165, 1.54) is 76.1 Å². The molecule has 3 aliphatic rings. The maximum absolute atomic E-state index is 15.5. The van der Waals surface area contributed by atoms with Gasteiger partial charge in [0.15, 0.2) is 11.6 Å². The number of piperidine rings is 2. The lowest BCUT2D eigenvalue weighted by Gasteiger charge is -2.46. The number of sulfone groups is 1. The predicted molar refractivity (Wildman–Crippen MR) is 236 cm³/mol. The number of benzene rings is 2. The van der Waals surface area contributed by atoms with E-state index in [1.807, 2.05) is 4.90 Å². The van der Waals surface area contributed by atoms with Gasteiger partial charge in [-0.25, -0.2) is 12.8 Å². The van der Waals surface area contributed by atoms with Crippen molar-refractivity contribution < 1.29 is 26.5 Å². The Labute approximate surface area is 355 Å². The highest BCUT2D eigenvalue weighted by molar-refractivity contribution is 7.91. The summed E-state index contributed by atoms with van der Waals surface area (Å²) in [5, 5.41) is 0.630. The normalized spacial score (nSPS) is 18.4.